The minimum absolute atomic E-state index is 0. The molecule has 1 rings (SSSR count). The molecule has 0 amide bonds. The molecule has 2 N–H and O–H groups in total. The standard InChI is InChI=1S/C15H28N4S2.HI/c1-15(2,3)13-19-12(11-21-13)10-18-14(16-4)17-8-6-7-9-20-5;/h11H,6-10H2,1-5H3,(H2,16,17,18);1H. The van der Waals surface area contributed by atoms with Gasteiger partial charge < -0.3 is 10.6 Å². The summed E-state index contributed by atoms with van der Waals surface area (Å²) in [6.45, 7) is 8.26. The summed E-state index contributed by atoms with van der Waals surface area (Å²) in [5.41, 5.74) is 1.20. The van der Waals surface area contributed by atoms with E-state index in [2.05, 4.69) is 53.0 Å². The van der Waals surface area contributed by atoms with E-state index in [1.807, 2.05) is 11.8 Å². The highest BCUT2D eigenvalue weighted by Gasteiger charge is 2.17. The Morgan fingerprint density at radius 1 is 1.32 bits per heavy atom. The molecule has 0 aliphatic carbocycles. The zero-order valence-electron chi connectivity index (χ0n) is 14.2. The summed E-state index contributed by atoms with van der Waals surface area (Å²) < 4.78 is 0. The summed E-state index contributed by atoms with van der Waals surface area (Å²) in [7, 11) is 1.80. The van der Waals surface area contributed by atoms with E-state index in [4.69, 9.17) is 0 Å². The van der Waals surface area contributed by atoms with E-state index in [0.29, 0.717) is 0 Å². The van der Waals surface area contributed by atoms with E-state index >= 15 is 0 Å². The van der Waals surface area contributed by atoms with Crippen LogP contribution in [-0.4, -0.2) is 36.5 Å². The van der Waals surface area contributed by atoms with Crippen LogP contribution in [-0.2, 0) is 12.0 Å². The van der Waals surface area contributed by atoms with Crippen LogP contribution in [0.4, 0.5) is 0 Å². The second-order valence-electron chi connectivity index (χ2n) is 5.95. The number of thiazole rings is 1. The highest BCUT2D eigenvalue weighted by Crippen LogP contribution is 2.25. The molecule has 0 saturated carbocycles. The molecular formula is C15H29IN4S2. The van der Waals surface area contributed by atoms with E-state index in [9.17, 15) is 0 Å². The van der Waals surface area contributed by atoms with E-state index in [1.54, 1.807) is 18.4 Å². The monoisotopic (exact) mass is 456 g/mol. The summed E-state index contributed by atoms with van der Waals surface area (Å²) >= 11 is 3.63. The van der Waals surface area contributed by atoms with E-state index in [-0.39, 0.29) is 29.4 Å². The molecule has 0 fully saturated rings. The lowest BCUT2D eigenvalue weighted by atomic mass is 9.98. The number of nitrogens with zero attached hydrogens (tertiary/aromatic N) is 2. The third-order valence-electron chi connectivity index (χ3n) is 2.92. The van der Waals surface area contributed by atoms with Crippen LogP contribution in [0.1, 0.15) is 44.3 Å². The number of halogens is 1. The average Bonchev–Trinajstić information content (AvgIpc) is 2.91. The van der Waals surface area contributed by atoms with Crippen LogP contribution in [0.5, 0.6) is 0 Å². The fraction of sp³-hybridized carbons (Fsp3) is 0.733. The van der Waals surface area contributed by atoms with Gasteiger partial charge >= 0.3 is 0 Å². The molecule has 0 spiro atoms. The number of aliphatic imine (C=N–C) groups is 1. The molecule has 1 heterocycles. The summed E-state index contributed by atoms with van der Waals surface area (Å²) in [6.07, 6.45) is 4.56. The van der Waals surface area contributed by atoms with Crippen molar-refractivity contribution < 1.29 is 0 Å². The first-order chi connectivity index (χ1) is 9.97. The van der Waals surface area contributed by atoms with Gasteiger partial charge in [0, 0.05) is 24.4 Å². The lowest BCUT2D eigenvalue weighted by Gasteiger charge is -2.14. The number of rotatable bonds is 7. The number of thioether (sulfide) groups is 1. The van der Waals surface area contributed by atoms with Crippen molar-refractivity contribution in [2.24, 2.45) is 4.99 Å². The molecule has 7 heteroatoms. The second kappa shape index (κ2) is 11.5. The first-order valence-corrected chi connectivity index (χ1v) is 9.63. The van der Waals surface area contributed by atoms with Gasteiger partial charge in [-0.2, -0.15) is 11.8 Å². The minimum atomic E-state index is 0. The Morgan fingerprint density at radius 2 is 2.05 bits per heavy atom. The van der Waals surface area contributed by atoms with Gasteiger partial charge in [-0.1, -0.05) is 20.8 Å². The van der Waals surface area contributed by atoms with Crippen molar-refractivity contribution in [3.8, 4) is 0 Å². The van der Waals surface area contributed by atoms with Crippen molar-refractivity contribution >= 4 is 53.0 Å². The van der Waals surface area contributed by atoms with Gasteiger partial charge in [-0.05, 0) is 24.9 Å². The van der Waals surface area contributed by atoms with Gasteiger partial charge in [0.15, 0.2) is 5.96 Å². The molecule has 4 nitrogen and oxygen atoms in total. The largest absolute Gasteiger partial charge is 0.356 e. The Morgan fingerprint density at radius 3 is 2.59 bits per heavy atom. The van der Waals surface area contributed by atoms with Gasteiger partial charge in [-0.3, -0.25) is 4.99 Å². The maximum Gasteiger partial charge on any atom is 0.191 e. The lowest BCUT2D eigenvalue weighted by molar-refractivity contribution is 0.582. The van der Waals surface area contributed by atoms with E-state index in [1.165, 1.54) is 23.6 Å². The summed E-state index contributed by atoms with van der Waals surface area (Å²) in [6, 6.07) is 0. The number of unbranched alkanes of at least 4 members (excludes halogenated alkanes) is 1. The van der Waals surface area contributed by atoms with Crippen molar-refractivity contribution in [1.29, 1.82) is 0 Å². The van der Waals surface area contributed by atoms with E-state index < -0.39 is 0 Å². The second-order valence-corrected chi connectivity index (χ2v) is 7.79. The molecule has 0 bridgehead atoms. The first-order valence-electron chi connectivity index (χ1n) is 7.35. The maximum atomic E-state index is 4.68. The molecule has 128 valence electrons. The van der Waals surface area contributed by atoms with Gasteiger partial charge in [-0.25, -0.2) is 4.98 Å². The molecule has 0 saturated heterocycles. The van der Waals surface area contributed by atoms with Crippen molar-refractivity contribution in [1.82, 2.24) is 15.6 Å². The quantitative estimate of drug-likeness (QED) is 0.283. The number of nitrogens with one attached hydrogen (secondary N) is 2. The third-order valence-corrected chi connectivity index (χ3v) is 4.94. The van der Waals surface area contributed by atoms with Crippen LogP contribution in [0.2, 0.25) is 0 Å². The number of hydrogen-bond donors (Lipinski definition) is 2. The molecule has 22 heavy (non-hydrogen) atoms. The fourth-order valence-electron chi connectivity index (χ4n) is 1.71. The number of hydrogen-bond acceptors (Lipinski definition) is 4. The first kappa shape index (κ1) is 22.0. The molecule has 0 atom stereocenters. The zero-order chi connectivity index (χ0) is 15.7. The number of aromatic nitrogens is 1. The number of guanidine groups is 1. The van der Waals surface area contributed by atoms with Gasteiger partial charge in [0.2, 0.25) is 0 Å². The summed E-state index contributed by atoms with van der Waals surface area (Å²) in [4.78, 5) is 8.92. The fourth-order valence-corrected chi connectivity index (χ4v) is 3.11. The zero-order valence-corrected chi connectivity index (χ0v) is 18.2. The van der Waals surface area contributed by atoms with Crippen LogP contribution < -0.4 is 10.6 Å². The maximum absolute atomic E-state index is 4.68. The van der Waals surface area contributed by atoms with E-state index in [0.717, 1.165) is 24.7 Å². The molecule has 1 aromatic heterocycles. The van der Waals surface area contributed by atoms with Crippen molar-refractivity contribution in [2.45, 2.75) is 45.6 Å². The van der Waals surface area contributed by atoms with Crippen molar-refractivity contribution in [3.63, 3.8) is 0 Å². The SMILES string of the molecule is CN=C(NCCCCSC)NCc1csc(C(C)(C)C)n1.I. The average molecular weight is 456 g/mol. The molecule has 0 radical (unpaired) electrons. The van der Waals surface area contributed by atoms with Gasteiger partial charge in [0.05, 0.1) is 17.2 Å². The van der Waals surface area contributed by atoms with Crippen LogP contribution >= 0.6 is 47.1 Å². The lowest BCUT2D eigenvalue weighted by Crippen LogP contribution is -2.37. The van der Waals surface area contributed by atoms with Crippen LogP contribution in [0.25, 0.3) is 0 Å². The Hall–Kier alpha value is -0.0200. The molecule has 1 aromatic rings. The Labute approximate surface area is 160 Å². The Kier molecular flexibility index (Phi) is 11.5. The summed E-state index contributed by atoms with van der Waals surface area (Å²) in [5, 5.41) is 9.96. The van der Waals surface area contributed by atoms with Gasteiger partial charge in [0.1, 0.15) is 0 Å². The Balaban J connectivity index is 0.00000441. The topological polar surface area (TPSA) is 49.3 Å². The molecule has 0 aliphatic rings. The highest BCUT2D eigenvalue weighted by molar-refractivity contribution is 14.0. The van der Waals surface area contributed by atoms with Crippen molar-refractivity contribution in [2.75, 3.05) is 25.6 Å². The predicted molar refractivity (Wildman–Crippen MR) is 112 cm³/mol. The Bertz CT molecular complexity index is 441. The third kappa shape index (κ3) is 8.57. The molecule has 0 aliphatic heterocycles. The van der Waals surface area contributed by atoms with Crippen LogP contribution in [0, 0.1) is 0 Å². The highest BCUT2D eigenvalue weighted by atomic mass is 127. The van der Waals surface area contributed by atoms with Crippen LogP contribution in [0.15, 0.2) is 10.4 Å². The van der Waals surface area contributed by atoms with Crippen molar-refractivity contribution in [3.05, 3.63) is 16.1 Å². The molecule has 0 aromatic carbocycles. The van der Waals surface area contributed by atoms with Crippen LogP contribution in [0.3, 0.4) is 0 Å². The molecular weight excluding hydrogens is 427 g/mol. The summed E-state index contributed by atoms with van der Waals surface area (Å²) in [5.74, 6) is 2.08. The van der Waals surface area contributed by atoms with Gasteiger partial charge in [-0.15, -0.1) is 35.3 Å². The van der Waals surface area contributed by atoms with Gasteiger partial charge in [0.25, 0.3) is 0 Å². The normalized spacial score (nSPS) is 12.0. The molecule has 0 unspecified atom stereocenters. The minimum Gasteiger partial charge on any atom is -0.356 e. The predicted octanol–water partition coefficient (Wildman–Crippen LogP) is 3.87. The smallest absolute Gasteiger partial charge is 0.191 e.